The van der Waals surface area contributed by atoms with E-state index in [4.69, 9.17) is 4.74 Å². The molecule has 3 heteroatoms. The van der Waals surface area contributed by atoms with E-state index in [9.17, 15) is 9.59 Å². The van der Waals surface area contributed by atoms with Crippen molar-refractivity contribution in [1.82, 2.24) is 0 Å². The van der Waals surface area contributed by atoms with Crippen molar-refractivity contribution in [3.8, 4) is 5.75 Å². The van der Waals surface area contributed by atoms with Gasteiger partial charge in [0.1, 0.15) is 5.75 Å². The lowest BCUT2D eigenvalue weighted by Crippen LogP contribution is -2.27. The first-order valence-electron chi connectivity index (χ1n) is 6.47. The number of hydrogen-bond donors (Lipinski definition) is 0. The summed E-state index contributed by atoms with van der Waals surface area (Å²) < 4.78 is 5.73. The van der Waals surface area contributed by atoms with E-state index in [-0.39, 0.29) is 11.6 Å². The summed E-state index contributed by atoms with van der Waals surface area (Å²) in [5.74, 6) is 0.633. The van der Waals surface area contributed by atoms with Crippen molar-refractivity contribution in [1.29, 1.82) is 0 Å². The number of benzene rings is 1. The zero-order valence-corrected chi connectivity index (χ0v) is 11.5. The predicted molar refractivity (Wildman–Crippen MR) is 73.2 cm³/mol. The lowest BCUT2D eigenvalue weighted by atomic mass is 10.0. The van der Waals surface area contributed by atoms with E-state index in [1.165, 1.54) is 0 Å². The molecular weight excluding hydrogens is 240 g/mol. The van der Waals surface area contributed by atoms with Gasteiger partial charge in [0.25, 0.3) is 0 Å². The second kappa shape index (κ2) is 5.39. The normalized spacial score (nSPS) is 20.5. The van der Waals surface area contributed by atoms with E-state index in [2.05, 4.69) is 0 Å². The Kier molecular flexibility index (Phi) is 3.84. The van der Waals surface area contributed by atoms with Crippen molar-refractivity contribution >= 4 is 11.6 Å². The van der Waals surface area contributed by atoms with Crippen LogP contribution < -0.4 is 4.74 Å². The third-order valence-corrected chi connectivity index (χ3v) is 3.58. The highest BCUT2D eigenvalue weighted by Gasteiger charge is 2.28. The van der Waals surface area contributed by atoms with Gasteiger partial charge in [-0.15, -0.1) is 0 Å². The molecule has 1 aromatic rings. The van der Waals surface area contributed by atoms with E-state index >= 15 is 0 Å². The van der Waals surface area contributed by atoms with E-state index in [0.717, 1.165) is 5.56 Å². The molecule has 1 unspecified atom stereocenters. The number of allylic oxidation sites excluding steroid dienone is 1. The summed E-state index contributed by atoms with van der Waals surface area (Å²) in [5.41, 5.74) is 2.24. The molecule has 0 N–H and O–H groups in total. The fourth-order valence-corrected chi connectivity index (χ4v) is 2.11. The van der Waals surface area contributed by atoms with Crippen LogP contribution in [0, 0.1) is 6.92 Å². The zero-order valence-electron chi connectivity index (χ0n) is 11.5. The van der Waals surface area contributed by atoms with Crippen molar-refractivity contribution in [3.63, 3.8) is 0 Å². The molecule has 0 amide bonds. The van der Waals surface area contributed by atoms with Gasteiger partial charge in [0, 0.05) is 12.0 Å². The molecule has 0 aromatic heterocycles. The van der Waals surface area contributed by atoms with Crippen LogP contribution in [0.5, 0.6) is 5.75 Å². The van der Waals surface area contributed by atoms with Gasteiger partial charge in [0.15, 0.2) is 17.7 Å². The lowest BCUT2D eigenvalue weighted by Gasteiger charge is -2.16. The summed E-state index contributed by atoms with van der Waals surface area (Å²) in [5, 5.41) is 0. The molecule has 0 saturated carbocycles. The molecule has 1 atom stereocenters. The van der Waals surface area contributed by atoms with Gasteiger partial charge >= 0.3 is 0 Å². The summed E-state index contributed by atoms with van der Waals surface area (Å²) in [6.07, 6.45) is 0.259. The Morgan fingerprint density at radius 2 is 1.63 bits per heavy atom. The molecular formula is C16H18O3. The Hall–Kier alpha value is -1.90. The monoisotopic (exact) mass is 258 g/mol. The summed E-state index contributed by atoms with van der Waals surface area (Å²) in [4.78, 5) is 24.0. The Labute approximate surface area is 113 Å². The van der Waals surface area contributed by atoms with Crippen molar-refractivity contribution in [3.05, 3.63) is 41.0 Å². The van der Waals surface area contributed by atoms with Crippen LogP contribution >= 0.6 is 0 Å². The number of ketones is 2. The van der Waals surface area contributed by atoms with Gasteiger partial charge in [-0.3, -0.25) is 9.59 Å². The van der Waals surface area contributed by atoms with Crippen LogP contribution in [0.2, 0.25) is 0 Å². The van der Waals surface area contributed by atoms with Gasteiger partial charge in [0.05, 0.1) is 0 Å². The quantitative estimate of drug-likeness (QED) is 0.819. The number of hydrogen-bond acceptors (Lipinski definition) is 3. The second-order valence-electron chi connectivity index (χ2n) is 5.00. The Morgan fingerprint density at radius 3 is 2.26 bits per heavy atom. The lowest BCUT2D eigenvalue weighted by molar-refractivity contribution is -0.122. The highest BCUT2D eigenvalue weighted by molar-refractivity contribution is 6.09. The minimum absolute atomic E-state index is 0.0425. The first kappa shape index (κ1) is 13.5. The topological polar surface area (TPSA) is 43.4 Å². The van der Waals surface area contributed by atoms with E-state index in [1.54, 1.807) is 13.8 Å². The summed E-state index contributed by atoms with van der Waals surface area (Å²) in [6.45, 7) is 5.41. The number of carbonyl (C=O) groups excluding carboxylic acids is 2. The predicted octanol–water partition coefficient (Wildman–Crippen LogP) is 3.01. The van der Waals surface area contributed by atoms with Gasteiger partial charge in [-0.1, -0.05) is 17.7 Å². The van der Waals surface area contributed by atoms with Gasteiger partial charge in [-0.25, -0.2) is 0 Å². The second-order valence-corrected chi connectivity index (χ2v) is 5.00. The van der Waals surface area contributed by atoms with Crippen LogP contribution in [0.15, 0.2) is 35.4 Å². The zero-order chi connectivity index (χ0) is 14.0. The van der Waals surface area contributed by atoms with Crippen LogP contribution in [0.3, 0.4) is 0 Å². The maximum Gasteiger partial charge on any atom is 0.199 e. The fourth-order valence-electron chi connectivity index (χ4n) is 2.11. The van der Waals surface area contributed by atoms with E-state index in [0.29, 0.717) is 29.7 Å². The van der Waals surface area contributed by atoms with Gasteiger partial charge < -0.3 is 4.74 Å². The average Bonchev–Trinajstić information content (AvgIpc) is 2.49. The first-order chi connectivity index (χ1) is 8.99. The standard InChI is InChI=1S/C16H18O3/c1-10-4-6-13(7-5-10)19-15-9-8-14(17)11(2)12(3)16(15)18/h4-7,15H,8-9H2,1-3H3. The molecule has 0 spiro atoms. The van der Waals surface area contributed by atoms with Crippen molar-refractivity contribution in [2.24, 2.45) is 0 Å². The molecule has 1 aliphatic carbocycles. The number of aryl methyl sites for hydroxylation is 1. The molecule has 0 aliphatic heterocycles. The SMILES string of the molecule is CC1=C(C)C(=O)C(Oc2ccc(C)cc2)CCC1=O. The van der Waals surface area contributed by atoms with Crippen LogP contribution in [0.1, 0.15) is 32.3 Å². The molecule has 0 bridgehead atoms. The van der Waals surface area contributed by atoms with Gasteiger partial charge in [-0.05, 0) is 44.9 Å². The molecule has 19 heavy (non-hydrogen) atoms. The average molecular weight is 258 g/mol. The van der Waals surface area contributed by atoms with E-state index in [1.807, 2.05) is 31.2 Å². The smallest absolute Gasteiger partial charge is 0.199 e. The molecule has 3 nitrogen and oxygen atoms in total. The van der Waals surface area contributed by atoms with Gasteiger partial charge in [-0.2, -0.15) is 0 Å². The van der Waals surface area contributed by atoms with Crippen molar-refractivity contribution in [2.45, 2.75) is 39.7 Å². The van der Waals surface area contributed by atoms with E-state index < -0.39 is 6.10 Å². The molecule has 0 fully saturated rings. The van der Waals surface area contributed by atoms with Crippen LogP contribution in [-0.2, 0) is 9.59 Å². The summed E-state index contributed by atoms with van der Waals surface area (Å²) >= 11 is 0. The molecule has 0 heterocycles. The minimum Gasteiger partial charge on any atom is -0.482 e. The molecule has 0 radical (unpaired) electrons. The third-order valence-electron chi connectivity index (χ3n) is 3.58. The number of Topliss-reactive ketones (excluding diaryl/α,β-unsaturated/α-hetero) is 2. The maximum atomic E-state index is 12.2. The highest BCUT2D eigenvalue weighted by Crippen LogP contribution is 2.23. The molecule has 1 aliphatic rings. The number of carbonyl (C=O) groups is 2. The first-order valence-corrected chi connectivity index (χ1v) is 6.47. The Morgan fingerprint density at radius 1 is 1.00 bits per heavy atom. The summed E-state index contributed by atoms with van der Waals surface area (Å²) in [6, 6.07) is 7.58. The van der Waals surface area contributed by atoms with Crippen LogP contribution in [0.4, 0.5) is 0 Å². The van der Waals surface area contributed by atoms with Gasteiger partial charge in [0.2, 0.25) is 0 Å². The minimum atomic E-state index is -0.552. The Balaban J connectivity index is 2.19. The largest absolute Gasteiger partial charge is 0.482 e. The molecule has 1 aromatic carbocycles. The molecule has 0 saturated heterocycles. The van der Waals surface area contributed by atoms with Crippen LogP contribution in [-0.4, -0.2) is 17.7 Å². The van der Waals surface area contributed by atoms with Crippen LogP contribution in [0.25, 0.3) is 0 Å². The maximum absolute atomic E-state index is 12.2. The third kappa shape index (κ3) is 2.92. The summed E-state index contributed by atoms with van der Waals surface area (Å²) in [7, 11) is 0. The molecule has 2 rings (SSSR count). The molecule has 100 valence electrons. The highest BCUT2D eigenvalue weighted by atomic mass is 16.5. The number of rotatable bonds is 2. The van der Waals surface area contributed by atoms with Crippen molar-refractivity contribution in [2.75, 3.05) is 0 Å². The van der Waals surface area contributed by atoms with Crippen molar-refractivity contribution < 1.29 is 14.3 Å². The fraction of sp³-hybridized carbons (Fsp3) is 0.375. The Bertz CT molecular complexity index is 538. The number of ether oxygens (including phenoxy) is 1.